The largest absolute Gasteiger partial charge is 0.270 e. The van der Waals surface area contributed by atoms with Crippen molar-refractivity contribution in [2.45, 2.75) is 0 Å². The third-order valence-corrected chi connectivity index (χ3v) is 7.31. The number of rotatable bonds is 2. The van der Waals surface area contributed by atoms with Crippen molar-refractivity contribution in [1.29, 1.82) is 26.3 Å². The van der Waals surface area contributed by atoms with E-state index in [9.17, 15) is 52.7 Å². The minimum atomic E-state index is -2.59. The summed E-state index contributed by atoms with van der Waals surface area (Å²) in [5.74, 6) is -24.9. The first-order chi connectivity index (χ1) is 22.8. The van der Waals surface area contributed by atoms with Crippen molar-refractivity contribution >= 4 is 33.4 Å². The molecular formula is C32H2F10N6. The van der Waals surface area contributed by atoms with Crippen molar-refractivity contribution in [3.8, 4) is 30.3 Å². The molecule has 6 nitrogen and oxygen atoms in total. The lowest BCUT2D eigenvalue weighted by Crippen LogP contribution is -2.08. The maximum Gasteiger partial charge on any atom is 0.270 e. The Morgan fingerprint density at radius 3 is 1.15 bits per heavy atom. The molecule has 2 aliphatic carbocycles. The van der Waals surface area contributed by atoms with Crippen molar-refractivity contribution in [2.75, 3.05) is 0 Å². The number of nitrogens with zero attached hydrogens (tertiary/aromatic N) is 6. The molecule has 0 fully saturated rings. The normalized spacial score (nSPS) is 14.0. The van der Waals surface area contributed by atoms with Gasteiger partial charge in [0.05, 0.1) is 34.9 Å². The highest BCUT2D eigenvalue weighted by Gasteiger charge is 2.42. The van der Waals surface area contributed by atoms with Crippen LogP contribution in [0.3, 0.4) is 0 Å². The topological polar surface area (TPSA) is 123 Å². The van der Waals surface area contributed by atoms with E-state index >= 15 is 17.6 Å². The first kappa shape index (κ1) is 32.3. The van der Waals surface area contributed by atoms with E-state index in [1.807, 2.05) is 0 Å². The molecule has 0 aliphatic heterocycles. The van der Waals surface area contributed by atoms with E-state index in [1.165, 1.54) is 30.3 Å². The van der Waals surface area contributed by atoms with E-state index in [0.29, 0.717) is 0 Å². The Bertz CT molecular complexity index is 2260. The number of benzene rings is 3. The van der Waals surface area contributed by atoms with Gasteiger partial charge >= 0.3 is 0 Å². The van der Waals surface area contributed by atoms with E-state index in [0.717, 1.165) is 12.1 Å². The van der Waals surface area contributed by atoms with Crippen LogP contribution in [0.25, 0.3) is 38.3 Å². The summed E-state index contributed by atoms with van der Waals surface area (Å²) in [7, 11) is 0. The second kappa shape index (κ2) is 11.3. The highest BCUT2D eigenvalue weighted by Crippen LogP contribution is 2.55. The molecule has 0 saturated carbocycles. The van der Waals surface area contributed by atoms with Crippen molar-refractivity contribution in [3.63, 3.8) is 0 Å². The van der Waals surface area contributed by atoms with Gasteiger partial charge in [0.1, 0.15) is 29.8 Å². The lowest BCUT2D eigenvalue weighted by molar-refractivity contribution is 0.376. The Morgan fingerprint density at radius 2 is 0.812 bits per heavy atom. The number of hydrogen-bond acceptors (Lipinski definition) is 5. The predicted octanol–water partition coefficient (Wildman–Crippen LogP) is 7.93. The fourth-order valence-electron chi connectivity index (χ4n) is 5.38. The standard InChI is InChI=1S/C32H2F10N6/c1-48-16(8-47)18-13-3-12-10(2-11(13)15(7-46)20(18)22-25(35)29(39)32(42)30(40)26(22)36)14(6-45)19(17(12)9(4-43)5-44)21-23(33)27(37)31(41)28(38)24(21)34/h2-3H/b18-16+. The fourth-order valence-corrected chi connectivity index (χ4v) is 5.38. The summed E-state index contributed by atoms with van der Waals surface area (Å²) in [5, 5.41) is 49.2. The van der Waals surface area contributed by atoms with Gasteiger partial charge in [-0.1, -0.05) is 0 Å². The quantitative estimate of drug-likeness (QED) is 0.0908. The smallest absolute Gasteiger partial charge is 0.226 e. The van der Waals surface area contributed by atoms with Gasteiger partial charge in [0.15, 0.2) is 46.5 Å². The Hall–Kier alpha value is -7.14. The summed E-state index contributed by atoms with van der Waals surface area (Å²) >= 11 is 0. The zero-order chi connectivity index (χ0) is 35.5. The zero-order valence-corrected chi connectivity index (χ0v) is 22.6. The van der Waals surface area contributed by atoms with E-state index in [-0.39, 0.29) is 0 Å². The molecule has 3 aromatic carbocycles. The Balaban J connectivity index is 2.03. The van der Waals surface area contributed by atoms with Gasteiger partial charge in [-0.25, -0.2) is 54.0 Å². The maximum absolute atomic E-state index is 15.1. The summed E-state index contributed by atoms with van der Waals surface area (Å²) in [6.07, 6.45) is 0. The maximum atomic E-state index is 15.1. The average Bonchev–Trinajstić information content (AvgIpc) is 3.56. The second-order valence-electron chi connectivity index (χ2n) is 9.48. The van der Waals surface area contributed by atoms with Gasteiger partial charge in [-0.05, 0) is 23.3 Å². The summed E-state index contributed by atoms with van der Waals surface area (Å²) in [6.45, 7) is 7.41. The third kappa shape index (κ3) is 4.08. The molecule has 3 aromatic rings. The highest BCUT2D eigenvalue weighted by atomic mass is 19.2. The minimum Gasteiger partial charge on any atom is -0.226 e. The number of hydrogen-bond donors (Lipinski definition) is 0. The van der Waals surface area contributed by atoms with Crippen LogP contribution in [-0.4, -0.2) is 0 Å². The summed E-state index contributed by atoms with van der Waals surface area (Å²) < 4.78 is 146. The van der Waals surface area contributed by atoms with Gasteiger partial charge in [-0.2, -0.15) is 21.0 Å². The van der Waals surface area contributed by atoms with Crippen molar-refractivity contribution < 1.29 is 43.9 Å². The molecule has 0 heterocycles. The SMILES string of the molecule is [C-]#[N+]/C(C#N)=C1/C(c2c(F)c(F)c(F)c(F)c2F)=C(C#N)c2cc3c(cc21)C(=C(C#N)C#N)C(c1c(F)c(F)c(F)c(F)c1F)=C3C#N. The van der Waals surface area contributed by atoms with E-state index < -0.39 is 136 Å². The van der Waals surface area contributed by atoms with Crippen LogP contribution in [0, 0.1) is 121 Å². The number of halogens is 10. The summed E-state index contributed by atoms with van der Waals surface area (Å²) in [6, 6.07) is 8.45. The predicted molar refractivity (Wildman–Crippen MR) is 141 cm³/mol. The average molecular weight is 660 g/mol. The Labute approximate surface area is 260 Å². The molecule has 2 aliphatic rings. The zero-order valence-electron chi connectivity index (χ0n) is 22.6. The minimum absolute atomic E-state index is 0.567. The Morgan fingerprint density at radius 1 is 0.479 bits per heavy atom. The number of allylic oxidation sites excluding steroid dienone is 8. The molecule has 230 valence electrons. The van der Waals surface area contributed by atoms with E-state index in [4.69, 9.17) is 6.57 Å². The molecule has 0 radical (unpaired) electrons. The van der Waals surface area contributed by atoms with Crippen molar-refractivity contribution in [1.82, 2.24) is 0 Å². The Kier molecular flexibility index (Phi) is 7.62. The molecule has 0 bridgehead atoms. The number of nitriles is 5. The molecule has 0 atom stereocenters. The monoisotopic (exact) mass is 660 g/mol. The van der Waals surface area contributed by atoms with Gasteiger partial charge in [0.25, 0.3) is 5.70 Å². The van der Waals surface area contributed by atoms with Gasteiger partial charge < -0.3 is 0 Å². The molecule has 0 unspecified atom stereocenters. The van der Waals surface area contributed by atoms with Gasteiger partial charge in [0.2, 0.25) is 11.6 Å². The highest BCUT2D eigenvalue weighted by molar-refractivity contribution is 6.29. The van der Waals surface area contributed by atoms with Crippen LogP contribution < -0.4 is 0 Å². The fraction of sp³-hybridized carbons (Fsp3) is 0. The summed E-state index contributed by atoms with van der Waals surface area (Å²) in [5.41, 5.74) is -14.0. The van der Waals surface area contributed by atoms with Crippen LogP contribution in [0.5, 0.6) is 0 Å². The van der Waals surface area contributed by atoms with Crippen LogP contribution in [-0.2, 0) is 0 Å². The molecule has 0 aromatic heterocycles. The van der Waals surface area contributed by atoms with E-state index in [2.05, 4.69) is 4.85 Å². The van der Waals surface area contributed by atoms with Gasteiger partial charge in [-0.3, -0.25) is 0 Å². The number of fused-ring (bicyclic) bond motifs is 2. The van der Waals surface area contributed by atoms with Crippen LogP contribution >= 0.6 is 0 Å². The van der Waals surface area contributed by atoms with Crippen LogP contribution in [0.2, 0.25) is 0 Å². The second-order valence-corrected chi connectivity index (χ2v) is 9.48. The van der Waals surface area contributed by atoms with Crippen LogP contribution in [0.15, 0.2) is 23.4 Å². The lowest BCUT2D eigenvalue weighted by atomic mass is 9.89. The third-order valence-electron chi connectivity index (χ3n) is 7.31. The van der Waals surface area contributed by atoms with Gasteiger partial charge in [-0.15, -0.1) is 0 Å². The molecule has 0 spiro atoms. The van der Waals surface area contributed by atoms with Crippen molar-refractivity contribution in [3.05, 3.63) is 126 Å². The molecule has 0 N–H and O–H groups in total. The lowest BCUT2D eigenvalue weighted by Gasteiger charge is -2.14. The molecule has 16 heteroatoms. The first-order valence-electron chi connectivity index (χ1n) is 12.4. The first-order valence-corrected chi connectivity index (χ1v) is 12.4. The molecular weight excluding hydrogens is 658 g/mol. The van der Waals surface area contributed by atoms with Crippen molar-refractivity contribution in [2.24, 2.45) is 0 Å². The van der Waals surface area contributed by atoms with E-state index in [1.54, 1.807) is 0 Å². The molecule has 0 saturated heterocycles. The molecule has 0 amide bonds. The van der Waals surface area contributed by atoms with Crippen LogP contribution in [0.1, 0.15) is 33.4 Å². The van der Waals surface area contributed by atoms with Gasteiger partial charge in [0, 0.05) is 33.4 Å². The van der Waals surface area contributed by atoms with Crippen LogP contribution in [0.4, 0.5) is 43.9 Å². The molecule has 5 rings (SSSR count). The summed E-state index contributed by atoms with van der Waals surface area (Å²) in [4.78, 5) is 2.90. The molecule has 48 heavy (non-hydrogen) atoms.